The van der Waals surface area contributed by atoms with Gasteiger partial charge in [0.25, 0.3) is 0 Å². The Hall–Kier alpha value is -2.68. The highest BCUT2D eigenvalue weighted by molar-refractivity contribution is 5.93. The van der Waals surface area contributed by atoms with Crippen LogP contribution in [0.15, 0.2) is 42.5 Å². The van der Waals surface area contributed by atoms with Crippen molar-refractivity contribution in [3.05, 3.63) is 48.0 Å². The first-order valence-corrected chi connectivity index (χ1v) is 13.2. The van der Waals surface area contributed by atoms with Crippen LogP contribution >= 0.6 is 12.4 Å². The van der Waals surface area contributed by atoms with E-state index in [1.165, 1.54) is 0 Å². The van der Waals surface area contributed by atoms with Gasteiger partial charge in [-0.05, 0) is 42.0 Å². The van der Waals surface area contributed by atoms with E-state index in [2.05, 4.69) is 10.6 Å². The molecule has 2 fully saturated rings. The van der Waals surface area contributed by atoms with E-state index >= 15 is 0 Å². The Labute approximate surface area is 224 Å². The summed E-state index contributed by atoms with van der Waals surface area (Å²) in [5.41, 5.74) is 6.38. The molecule has 1 aliphatic carbocycles. The molecule has 1 heterocycles. The Balaban J connectivity index is 0.00000380. The summed E-state index contributed by atoms with van der Waals surface area (Å²) in [6.07, 6.45) is 5.88. The standard InChI is InChI=1S/C28H38N4O4.ClH/c29-17-23(33)18-30-26(34)24(16-19-12-13-20-7-4-5-10-22(20)15-19)31-27(35)25-11-6-14-32(25)28(36)21-8-2-1-3-9-21;/h4-5,7,10,12-13,15,21,23-25,33H,1-3,6,8-9,11,14,16-18,29H2,(H,30,34)(H,31,35);1H/t23?,24-,25+;/m1./s1. The fraction of sp³-hybridized carbons (Fsp3) is 0.536. The molecule has 202 valence electrons. The van der Waals surface area contributed by atoms with Crippen LogP contribution in [0.1, 0.15) is 50.5 Å². The average Bonchev–Trinajstić information content (AvgIpc) is 3.41. The lowest BCUT2D eigenvalue weighted by molar-refractivity contribution is -0.143. The lowest BCUT2D eigenvalue weighted by Crippen LogP contribution is -2.55. The second-order valence-electron chi connectivity index (χ2n) is 10.1. The van der Waals surface area contributed by atoms with Crippen molar-refractivity contribution in [1.82, 2.24) is 15.5 Å². The number of hydrogen-bond donors (Lipinski definition) is 4. The number of nitrogens with zero attached hydrogens (tertiary/aromatic N) is 1. The SMILES string of the molecule is Cl.NCC(O)CNC(=O)[C@@H](Cc1ccc2ccccc2c1)NC(=O)[C@@H]1CCCN1C(=O)C1CCCCC1. The lowest BCUT2D eigenvalue weighted by atomic mass is 9.88. The van der Waals surface area contributed by atoms with Crippen LogP contribution in [0.2, 0.25) is 0 Å². The first kappa shape index (κ1) is 28.9. The predicted octanol–water partition coefficient (Wildman–Crippen LogP) is 2.30. The minimum absolute atomic E-state index is 0. The maximum absolute atomic E-state index is 13.4. The first-order chi connectivity index (χ1) is 17.5. The number of halogens is 1. The number of aliphatic hydroxyl groups excluding tert-OH is 1. The van der Waals surface area contributed by atoms with Crippen LogP contribution in [0.3, 0.4) is 0 Å². The van der Waals surface area contributed by atoms with Gasteiger partial charge in [0.1, 0.15) is 12.1 Å². The van der Waals surface area contributed by atoms with Gasteiger partial charge in [0.2, 0.25) is 17.7 Å². The van der Waals surface area contributed by atoms with E-state index in [9.17, 15) is 19.5 Å². The molecule has 1 saturated carbocycles. The average molecular weight is 531 g/mol. The van der Waals surface area contributed by atoms with Gasteiger partial charge >= 0.3 is 0 Å². The second kappa shape index (κ2) is 13.7. The number of amides is 3. The van der Waals surface area contributed by atoms with Gasteiger partial charge in [-0.1, -0.05) is 61.7 Å². The van der Waals surface area contributed by atoms with Gasteiger partial charge in [0.05, 0.1) is 6.10 Å². The molecule has 37 heavy (non-hydrogen) atoms. The zero-order valence-corrected chi connectivity index (χ0v) is 22.1. The molecule has 3 atom stereocenters. The molecular formula is C28H39ClN4O4. The van der Waals surface area contributed by atoms with Crippen molar-refractivity contribution < 1.29 is 19.5 Å². The van der Waals surface area contributed by atoms with Crippen molar-refractivity contribution in [2.24, 2.45) is 11.7 Å². The molecule has 1 saturated heterocycles. The van der Waals surface area contributed by atoms with E-state index in [1.807, 2.05) is 42.5 Å². The van der Waals surface area contributed by atoms with Gasteiger partial charge in [-0.25, -0.2) is 0 Å². The summed E-state index contributed by atoms with van der Waals surface area (Å²) in [4.78, 5) is 41.4. The normalized spacial score (nSPS) is 19.6. The molecule has 8 nitrogen and oxygen atoms in total. The maximum atomic E-state index is 13.4. The van der Waals surface area contributed by atoms with Crippen LogP contribution in [0.25, 0.3) is 10.8 Å². The number of benzene rings is 2. The summed E-state index contributed by atoms with van der Waals surface area (Å²) in [5, 5.41) is 17.6. The summed E-state index contributed by atoms with van der Waals surface area (Å²) in [6, 6.07) is 12.6. The highest BCUT2D eigenvalue weighted by atomic mass is 35.5. The minimum atomic E-state index is -0.857. The third-order valence-electron chi connectivity index (χ3n) is 7.46. The minimum Gasteiger partial charge on any atom is -0.390 e. The monoisotopic (exact) mass is 530 g/mol. The third kappa shape index (κ3) is 7.43. The molecule has 0 radical (unpaired) electrons. The molecule has 0 aromatic heterocycles. The number of aliphatic hydroxyl groups is 1. The molecule has 0 spiro atoms. The number of nitrogens with one attached hydrogen (secondary N) is 2. The van der Waals surface area contributed by atoms with Gasteiger partial charge in [0.15, 0.2) is 0 Å². The van der Waals surface area contributed by atoms with Crippen molar-refractivity contribution in [1.29, 1.82) is 0 Å². The lowest BCUT2D eigenvalue weighted by Gasteiger charge is -2.31. The van der Waals surface area contributed by atoms with Crippen LogP contribution in [0.4, 0.5) is 0 Å². The summed E-state index contributed by atoms with van der Waals surface area (Å²) < 4.78 is 0. The molecular weight excluding hydrogens is 492 g/mol. The zero-order valence-electron chi connectivity index (χ0n) is 21.2. The predicted molar refractivity (Wildman–Crippen MR) is 146 cm³/mol. The molecule has 9 heteroatoms. The molecule has 1 unspecified atom stereocenters. The number of carbonyl (C=O) groups is 3. The Morgan fingerprint density at radius 2 is 1.73 bits per heavy atom. The van der Waals surface area contributed by atoms with Crippen molar-refractivity contribution in [3.63, 3.8) is 0 Å². The van der Waals surface area contributed by atoms with E-state index in [1.54, 1.807) is 4.90 Å². The Morgan fingerprint density at radius 3 is 2.46 bits per heavy atom. The van der Waals surface area contributed by atoms with Crippen LogP contribution in [-0.2, 0) is 20.8 Å². The van der Waals surface area contributed by atoms with E-state index in [0.717, 1.165) is 54.9 Å². The van der Waals surface area contributed by atoms with Gasteiger partial charge in [0, 0.05) is 32.0 Å². The molecule has 2 aromatic carbocycles. The zero-order chi connectivity index (χ0) is 25.5. The van der Waals surface area contributed by atoms with Crippen LogP contribution < -0.4 is 16.4 Å². The summed E-state index contributed by atoms with van der Waals surface area (Å²) in [6.45, 7) is 0.620. The molecule has 4 rings (SSSR count). The third-order valence-corrected chi connectivity index (χ3v) is 7.46. The van der Waals surface area contributed by atoms with Gasteiger partial charge in [-0.15, -0.1) is 12.4 Å². The number of carbonyl (C=O) groups excluding carboxylic acids is 3. The fourth-order valence-electron chi connectivity index (χ4n) is 5.39. The van der Waals surface area contributed by atoms with Crippen molar-refractivity contribution in [2.45, 2.75) is 69.6 Å². The molecule has 5 N–H and O–H groups in total. The number of fused-ring (bicyclic) bond motifs is 1. The molecule has 1 aliphatic heterocycles. The van der Waals surface area contributed by atoms with Gasteiger partial charge in [-0.3, -0.25) is 14.4 Å². The van der Waals surface area contributed by atoms with E-state index < -0.39 is 18.2 Å². The summed E-state index contributed by atoms with van der Waals surface area (Å²) in [7, 11) is 0. The fourth-order valence-corrected chi connectivity index (χ4v) is 5.39. The van der Waals surface area contributed by atoms with Crippen molar-refractivity contribution >= 4 is 40.9 Å². The van der Waals surface area contributed by atoms with Crippen LogP contribution in [0.5, 0.6) is 0 Å². The van der Waals surface area contributed by atoms with E-state index in [0.29, 0.717) is 19.4 Å². The Bertz CT molecular complexity index is 1080. The van der Waals surface area contributed by atoms with Gasteiger partial charge < -0.3 is 26.4 Å². The smallest absolute Gasteiger partial charge is 0.243 e. The van der Waals surface area contributed by atoms with Crippen LogP contribution in [0, 0.1) is 5.92 Å². The molecule has 2 aromatic rings. The summed E-state index contributed by atoms with van der Waals surface area (Å²) >= 11 is 0. The molecule has 2 aliphatic rings. The molecule has 3 amide bonds. The topological polar surface area (TPSA) is 125 Å². The highest BCUT2D eigenvalue weighted by Gasteiger charge is 2.38. The van der Waals surface area contributed by atoms with Crippen LogP contribution in [-0.4, -0.2) is 65.5 Å². The number of nitrogens with two attached hydrogens (primary N) is 1. The van der Waals surface area contributed by atoms with E-state index in [4.69, 9.17) is 5.73 Å². The largest absolute Gasteiger partial charge is 0.390 e. The highest BCUT2D eigenvalue weighted by Crippen LogP contribution is 2.29. The number of rotatable bonds is 9. The first-order valence-electron chi connectivity index (χ1n) is 13.2. The Morgan fingerprint density at radius 1 is 1.00 bits per heavy atom. The van der Waals surface area contributed by atoms with Crippen molar-refractivity contribution in [3.8, 4) is 0 Å². The van der Waals surface area contributed by atoms with Crippen molar-refractivity contribution in [2.75, 3.05) is 19.6 Å². The number of likely N-dealkylation sites (tertiary alicyclic amines) is 1. The number of hydrogen-bond acceptors (Lipinski definition) is 5. The van der Waals surface area contributed by atoms with E-state index in [-0.39, 0.29) is 49.1 Å². The maximum Gasteiger partial charge on any atom is 0.243 e. The molecule has 0 bridgehead atoms. The summed E-state index contributed by atoms with van der Waals surface area (Å²) in [5.74, 6) is -0.598. The van der Waals surface area contributed by atoms with Gasteiger partial charge in [-0.2, -0.15) is 0 Å². The second-order valence-corrected chi connectivity index (χ2v) is 10.1. The Kier molecular flexibility index (Phi) is 10.7. The quantitative estimate of drug-likeness (QED) is 0.396.